The number of hydrogen-bond acceptors (Lipinski definition) is 2. The largest absolute Gasteiger partial charge is 0.179 e. The lowest BCUT2D eigenvalue weighted by Gasteiger charge is -2.08. The number of thiophene rings is 1. The van der Waals surface area contributed by atoms with E-state index < -0.39 is 0 Å². The Morgan fingerprint density at radius 2 is 2.15 bits per heavy atom. The summed E-state index contributed by atoms with van der Waals surface area (Å²) in [5.41, 5.74) is 1.64. The highest BCUT2D eigenvalue weighted by molar-refractivity contribution is 7.80. The summed E-state index contributed by atoms with van der Waals surface area (Å²) in [6, 6.07) is 2.43. The fourth-order valence-corrected chi connectivity index (χ4v) is 3.39. The van der Waals surface area contributed by atoms with Gasteiger partial charge in [-0.25, -0.2) is 0 Å². The van der Waals surface area contributed by atoms with Gasteiger partial charge >= 0.3 is 0 Å². The molecule has 2 heteroatoms. The summed E-state index contributed by atoms with van der Waals surface area (Å²) in [6.45, 7) is 0. The molecule has 0 nitrogen and oxygen atoms in total. The second-order valence-electron chi connectivity index (χ2n) is 3.70. The molecule has 1 aliphatic carbocycles. The lowest BCUT2D eigenvalue weighted by molar-refractivity contribution is 0.697. The van der Waals surface area contributed by atoms with E-state index in [9.17, 15) is 0 Å². The number of aryl methyl sites for hydroxylation is 3. The summed E-state index contributed by atoms with van der Waals surface area (Å²) >= 11 is 6.29. The fourth-order valence-electron chi connectivity index (χ4n) is 1.93. The third-order valence-corrected chi connectivity index (χ3v) is 4.24. The van der Waals surface area contributed by atoms with E-state index in [4.69, 9.17) is 0 Å². The van der Waals surface area contributed by atoms with Gasteiger partial charge in [0.15, 0.2) is 0 Å². The Morgan fingerprint density at radius 1 is 1.31 bits per heavy atom. The molecule has 0 aliphatic heterocycles. The Kier molecular flexibility index (Phi) is 3.33. The van der Waals surface area contributed by atoms with Gasteiger partial charge in [-0.15, -0.1) is 11.3 Å². The predicted molar refractivity (Wildman–Crippen MR) is 63.1 cm³/mol. The molecule has 13 heavy (non-hydrogen) atoms. The van der Waals surface area contributed by atoms with Crippen LogP contribution in [0.3, 0.4) is 0 Å². The first-order valence-electron chi connectivity index (χ1n) is 5.11. The second-order valence-corrected chi connectivity index (χ2v) is 5.36. The standard InChI is InChI=1S/C11H16S2/c12-7-3-5-10-8-9-4-1-2-6-11(9)13-10/h8,12H,1-7H2. The summed E-state index contributed by atoms with van der Waals surface area (Å²) in [7, 11) is 0. The molecule has 1 heterocycles. The molecule has 0 unspecified atom stereocenters. The van der Waals surface area contributed by atoms with Crippen LogP contribution in [0.25, 0.3) is 0 Å². The average Bonchev–Trinajstić information content (AvgIpc) is 2.57. The van der Waals surface area contributed by atoms with Gasteiger partial charge in [0.1, 0.15) is 0 Å². The van der Waals surface area contributed by atoms with Crippen LogP contribution < -0.4 is 0 Å². The van der Waals surface area contributed by atoms with Crippen LogP contribution in [0.2, 0.25) is 0 Å². The van der Waals surface area contributed by atoms with Crippen LogP contribution in [-0.2, 0) is 19.3 Å². The SMILES string of the molecule is SCCCc1cc2c(s1)CCCC2. The Labute approximate surface area is 89.8 Å². The summed E-state index contributed by atoms with van der Waals surface area (Å²) in [4.78, 5) is 3.25. The minimum Gasteiger partial charge on any atom is -0.179 e. The molecule has 0 bridgehead atoms. The van der Waals surface area contributed by atoms with E-state index in [2.05, 4.69) is 18.7 Å². The van der Waals surface area contributed by atoms with Crippen LogP contribution in [0.4, 0.5) is 0 Å². The highest BCUT2D eigenvalue weighted by Crippen LogP contribution is 2.30. The molecular weight excluding hydrogens is 196 g/mol. The van der Waals surface area contributed by atoms with Gasteiger partial charge in [-0.3, -0.25) is 0 Å². The molecule has 0 radical (unpaired) electrons. The maximum Gasteiger partial charge on any atom is 0.00801 e. The van der Waals surface area contributed by atoms with E-state index in [-0.39, 0.29) is 0 Å². The van der Waals surface area contributed by atoms with Crippen molar-refractivity contribution in [2.75, 3.05) is 5.75 Å². The summed E-state index contributed by atoms with van der Waals surface area (Å²) in [5, 5.41) is 0. The van der Waals surface area contributed by atoms with E-state index in [0.717, 1.165) is 5.75 Å². The van der Waals surface area contributed by atoms with Crippen LogP contribution in [0, 0.1) is 0 Å². The molecule has 1 aliphatic rings. The van der Waals surface area contributed by atoms with Gasteiger partial charge < -0.3 is 0 Å². The first-order chi connectivity index (χ1) is 6.40. The van der Waals surface area contributed by atoms with Gasteiger partial charge in [0, 0.05) is 9.75 Å². The van der Waals surface area contributed by atoms with Crippen LogP contribution in [0.1, 0.15) is 34.6 Å². The minimum absolute atomic E-state index is 1.02. The van der Waals surface area contributed by atoms with Crippen molar-refractivity contribution in [3.63, 3.8) is 0 Å². The average molecular weight is 212 g/mol. The zero-order valence-corrected chi connectivity index (χ0v) is 9.59. The minimum atomic E-state index is 1.02. The third kappa shape index (κ3) is 2.29. The van der Waals surface area contributed by atoms with Crippen molar-refractivity contribution in [3.05, 3.63) is 21.4 Å². The van der Waals surface area contributed by atoms with E-state index in [1.165, 1.54) is 38.5 Å². The van der Waals surface area contributed by atoms with E-state index in [1.54, 1.807) is 15.3 Å². The van der Waals surface area contributed by atoms with Crippen molar-refractivity contribution in [2.45, 2.75) is 38.5 Å². The van der Waals surface area contributed by atoms with Gasteiger partial charge in [-0.1, -0.05) is 0 Å². The predicted octanol–water partition coefficient (Wildman–Crippen LogP) is 3.49. The Balaban J connectivity index is 2.07. The number of rotatable bonds is 3. The summed E-state index contributed by atoms with van der Waals surface area (Å²) in [5.74, 6) is 1.02. The molecule has 0 saturated heterocycles. The topological polar surface area (TPSA) is 0 Å². The molecule has 0 amide bonds. The Hall–Kier alpha value is 0.0500. The maximum atomic E-state index is 4.25. The molecule has 0 atom stereocenters. The van der Waals surface area contributed by atoms with Gasteiger partial charge in [0.2, 0.25) is 0 Å². The Bertz CT molecular complexity index is 252. The molecule has 2 rings (SSSR count). The van der Waals surface area contributed by atoms with Crippen LogP contribution in [-0.4, -0.2) is 5.75 Å². The van der Waals surface area contributed by atoms with Crippen molar-refractivity contribution in [2.24, 2.45) is 0 Å². The molecule has 0 N–H and O–H groups in total. The molecule has 1 aromatic heterocycles. The zero-order valence-electron chi connectivity index (χ0n) is 7.88. The monoisotopic (exact) mass is 212 g/mol. The van der Waals surface area contributed by atoms with Crippen molar-refractivity contribution in [3.8, 4) is 0 Å². The van der Waals surface area contributed by atoms with Crippen molar-refractivity contribution in [1.29, 1.82) is 0 Å². The van der Waals surface area contributed by atoms with Crippen LogP contribution >= 0.6 is 24.0 Å². The normalized spacial score (nSPS) is 15.8. The maximum absolute atomic E-state index is 4.25. The van der Waals surface area contributed by atoms with E-state index in [0.29, 0.717) is 0 Å². The lowest BCUT2D eigenvalue weighted by Crippen LogP contribution is -1.96. The first-order valence-corrected chi connectivity index (χ1v) is 6.56. The van der Waals surface area contributed by atoms with Gasteiger partial charge in [-0.05, 0) is 55.9 Å². The quantitative estimate of drug-likeness (QED) is 0.729. The van der Waals surface area contributed by atoms with E-state index in [1.807, 2.05) is 11.3 Å². The first kappa shape index (κ1) is 9.60. The molecule has 0 aromatic carbocycles. The summed E-state index contributed by atoms with van der Waals surface area (Å²) in [6.07, 6.45) is 7.92. The van der Waals surface area contributed by atoms with Gasteiger partial charge in [0.25, 0.3) is 0 Å². The Morgan fingerprint density at radius 3 is 2.92 bits per heavy atom. The van der Waals surface area contributed by atoms with E-state index >= 15 is 0 Å². The number of hydrogen-bond donors (Lipinski definition) is 1. The third-order valence-electron chi connectivity index (χ3n) is 2.63. The molecule has 0 fully saturated rings. The van der Waals surface area contributed by atoms with Crippen molar-refractivity contribution >= 4 is 24.0 Å². The van der Waals surface area contributed by atoms with Crippen LogP contribution in [0.15, 0.2) is 6.07 Å². The zero-order chi connectivity index (χ0) is 9.10. The molecule has 72 valence electrons. The number of thiol groups is 1. The van der Waals surface area contributed by atoms with Gasteiger partial charge in [0.05, 0.1) is 0 Å². The number of fused-ring (bicyclic) bond motifs is 1. The highest BCUT2D eigenvalue weighted by atomic mass is 32.1. The smallest absolute Gasteiger partial charge is 0.00801 e. The van der Waals surface area contributed by atoms with Crippen molar-refractivity contribution < 1.29 is 0 Å². The van der Waals surface area contributed by atoms with Crippen LogP contribution in [0.5, 0.6) is 0 Å². The summed E-state index contributed by atoms with van der Waals surface area (Å²) < 4.78 is 0. The molecular formula is C11H16S2. The lowest BCUT2D eigenvalue weighted by atomic mass is 9.99. The highest BCUT2D eigenvalue weighted by Gasteiger charge is 2.12. The van der Waals surface area contributed by atoms with Gasteiger partial charge in [-0.2, -0.15) is 12.6 Å². The van der Waals surface area contributed by atoms with Crippen molar-refractivity contribution in [1.82, 2.24) is 0 Å². The fraction of sp³-hybridized carbons (Fsp3) is 0.636. The molecule has 0 saturated carbocycles. The molecule has 0 spiro atoms. The second kappa shape index (κ2) is 4.52. The molecule has 1 aromatic rings.